The van der Waals surface area contributed by atoms with Gasteiger partial charge in [0.25, 0.3) is 5.91 Å². The average molecular weight is 379 g/mol. The Kier molecular flexibility index (Phi) is 5.23. The fraction of sp³-hybridized carbons (Fsp3) is 0.429. The number of hydrogen-bond donors (Lipinski definition) is 0. The van der Waals surface area contributed by atoms with Crippen molar-refractivity contribution >= 4 is 23.3 Å². The first-order chi connectivity index (χ1) is 13.6. The molecule has 4 rings (SSSR count). The first-order valence-electron chi connectivity index (χ1n) is 9.86. The monoisotopic (exact) mass is 379 g/mol. The molecule has 1 amide bonds. The van der Waals surface area contributed by atoms with Gasteiger partial charge in [-0.25, -0.2) is 0 Å². The number of nitrogens with zero attached hydrogens (tertiary/aromatic N) is 5. The Morgan fingerprint density at radius 1 is 0.714 bits per heavy atom. The van der Waals surface area contributed by atoms with Gasteiger partial charge in [-0.05, 0) is 44.0 Å². The third-order valence-corrected chi connectivity index (χ3v) is 5.50. The van der Waals surface area contributed by atoms with E-state index in [4.69, 9.17) is 0 Å². The lowest BCUT2D eigenvalue weighted by molar-refractivity contribution is 0.0746. The number of ketones is 1. The highest BCUT2D eigenvalue weighted by atomic mass is 16.2. The normalized spacial score (nSPS) is 17.1. The number of rotatable bonds is 4. The third kappa shape index (κ3) is 3.83. The van der Waals surface area contributed by atoms with Gasteiger partial charge in [0.05, 0.1) is 0 Å². The highest BCUT2D eigenvalue weighted by molar-refractivity contribution is 5.97. The SMILES string of the molecule is CC(=O)c1ccc(C(=O)N2CCN(c3ccc(N4CCCC4)nn3)CC2)cc1. The molecule has 0 N–H and O–H groups in total. The van der Waals surface area contributed by atoms with Crippen LogP contribution < -0.4 is 9.80 Å². The maximum atomic E-state index is 12.7. The van der Waals surface area contributed by atoms with Gasteiger partial charge in [-0.2, -0.15) is 0 Å². The van der Waals surface area contributed by atoms with Crippen LogP contribution in [0.2, 0.25) is 0 Å². The standard InChI is InChI=1S/C21H25N5O2/c1-16(27)17-4-6-18(7-5-17)21(28)26-14-12-25(13-15-26)20-9-8-19(22-23-20)24-10-2-3-11-24/h4-9H,2-3,10-15H2,1H3. The molecule has 1 aromatic carbocycles. The van der Waals surface area contributed by atoms with Gasteiger partial charge in [0.15, 0.2) is 17.4 Å². The molecule has 0 saturated carbocycles. The van der Waals surface area contributed by atoms with E-state index in [0.29, 0.717) is 24.2 Å². The molecule has 7 nitrogen and oxygen atoms in total. The lowest BCUT2D eigenvalue weighted by Crippen LogP contribution is -2.49. The van der Waals surface area contributed by atoms with E-state index < -0.39 is 0 Å². The van der Waals surface area contributed by atoms with Gasteiger partial charge in [0.2, 0.25) is 0 Å². The summed E-state index contributed by atoms with van der Waals surface area (Å²) in [4.78, 5) is 30.4. The van der Waals surface area contributed by atoms with Gasteiger partial charge in [0, 0.05) is 50.4 Å². The summed E-state index contributed by atoms with van der Waals surface area (Å²) in [6.45, 7) is 6.39. The number of benzene rings is 1. The van der Waals surface area contributed by atoms with Crippen molar-refractivity contribution in [3.63, 3.8) is 0 Å². The topological polar surface area (TPSA) is 69.6 Å². The Bertz CT molecular complexity index is 836. The van der Waals surface area contributed by atoms with Gasteiger partial charge < -0.3 is 14.7 Å². The number of carbonyl (C=O) groups is 2. The molecule has 2 saturated heterocycles. The average Bonchev–Trinajstić information content (AvgIpc) is 3.28. The van der Waals surface area contributed by atoms with Crippen molar-refractivity contribution in [3.05, 3.63) is 47.5 Å². The molecule has 0 unspecified atom stereocenters. The van der Waals surface area contributed by atoms with E-state index in [1.165, 1.54) is 19.8 Å². The Morgan fingerprint density at radius 2 is 1.21 bits per heavy atom. The summed E-state index contributed by atoms with van der Waals surface area (Å²) in [5.41, 5.74) is 1.24. The second-order valence-corrected chi connectivity index (χ2v) is 7.36. The first kappa shape index (κ1) is 18.4. The van der Waals surface area contributed by atoms with Crippen LogP contribution in [0.25, 0.3) is 0 Å². The Hall–Kier alpha value is -2.96. The van der Waals surface area contributed by atoms with Gasteiger partial charge >= 0.3 is 0 Å². The number of aromatic nitrogens is 2. The molecule has 0 aliphatic carbocycles. The van der Waals surface area contributed by atoms with Gasteiger partial charge in [0.1, 0.15) is 0 Å². The van der Waals surface area contributed by atoms with Gasteiger partial charge in [-0.1, -0.05) is 12.1 Å². The van der Waals surface area contributed by atoms with E-state index in [1.54, 1.807) is 24.3 Å². The summed E-state index contributed by atoms with van der Waals surface area (Å²) < 4.78 is 0. The predicted octanol–water partition coefficient (Wildman–Crippen LogP) is 2.24. The molecule has 146 valence electrons. The number of amides is 1. The van der Waals surface area contributed by atoms with Crippen molar-refractivity contribution < 1.29 is 9.59 Å². The number of carbonyl (C=O) groups excluding carboxylic acids is 2. The third-order valence-electron chi connectivity index (χ3n) is 5.50. The van der Waals surface area contributed by atoms with Crippen LogP contribution >= 0.6 is 0 Å². The molecule has 2 aliphatic heterocycles. The smallest absolute Gasteiger partial charge is 0.253 e. The fourth-order valence-electron chi connectivity index (χ4n) is 3.77. The molecule has 0 bridgehead atoms. The Labute approximate surface area is 165 Å². The number of piperazine rings is 1. The lowest BCUT2D eigenvalue weighted by Gasteiger charge is -2.35. The molecule has 3 heterocycles. The van der Waals surface area contributed by atoms with Crippen LogP contribution in [-0.2, 0) is 0 Å². The van der Waals surface area contributed by atoms with Gasteiger partial charge in [-0.15, -0.1) is 10.2 Å². The van der Waals surface area contributed by atoms with E-state index >= 15 is 0 Å². The van der Waals surface area contributed by atoms with Crippen molar-refractivity contribution in [2.45, 2.75) is 19.8 Å². The molecule has 2 aliphatic rings. The van der Waals surface area contributed by atoms with E-state index in [0.717, 1.165) is 37.8 Å². The number of Topliss-reactive ketones (excluding diaryl/α,β-unsaturated/α-hetero) is 1. The minimum atomic E-state index is 0.00414. The van der Waals surface area contributed by atoms with Crippen LogP contribution in [0.5, 0.6) is 0 Å². The zero-order chi connectivity index (χ0) is 19.5. The van der Waals surface area contributed by atoms with Crippen LogP contribution in [-0.4, -0.2) is 66.1 Å². The molecule has 1 aromatic heterocycles. The molecule has 7 heteroatoms. The molecule has 2 fully saturated rings. The van der Waals surface area contributed by atoms with Crippen LogP contribution in [0.15, 0.2) is 36.4 Å². The maximum absolute atomic E-state index is 12.7. The van der Waals surface area contributed by atoms with Crippen molar-refractivity contribution in [3.8, 4) is 0 Å². The second kappa shape index (κ2) is 7.96. The summed E-state index contributed by atoms with van der Waals surface area (Å²) in [5.74, 6) is 1.82. The lowest BCUT2D eigenvalue weighted by atomic mass is 10.1. The molecule has 28 heavy (non-hydrogen) atoms. The molecule has 0 spiro atoms. The van der Waals surface area contributed by atoms with Gasteiger partial charge in [-0.3, -0.25) is 9.59 Å². The van der Waals surface area contributed by atoms with Crippen LogP contribution in [0.3, 0.4) is 0 Å². The minimum absolute atomic E-state index is 0.00414. The predicted molar refractivity (Wildman–Crippen MR) is 108 cm³/mol. The van der Waals surface area contributed by atoms with E-state index in [2.05, 4.69) is 20.0 Å². The van der Waals surface area contributed by atoms with Crippen molar-refractivity contribution in [1.29, 1.82) is 0 Å². The summed E-state index contributed by atoms with van der Waals surface area (Å²) in [6.07, 6.45) is 2.44. The van der Waals surface area contributed by atoms with E-state index in [1.807, 2.05) is 17.0 Å². The Balaban J connectivity index is 1.35. The zero-order valence-corrected chi connectivity index (χ0v) is 16.2. The molecule has 2 aromatic rings. The maximum Gasteiger partial charge on any atom is 0.253 e. The Morgan fingerprint density at radius 3 is 1.71 bits per heavy atom. The van der Waals surface area contributed by atoms with Crippen molar-refractivity contribution in [2.24, 2.45) is 0 Å². The number of hydrogen-bond acceptors (Lipinski definition) is 6. The first-order valence-corrected chi connectivity index (χ1v) is 9.86. The zero-order valence-electron chi connectivity index (χ0n) is 16.2. The molecular weight excluding hydrogens is 354 g/mol. The highest BCUT2D eigenvalue weighted by Gasteiger charge is 2.23. The van der Waals surface area contributed by atoms with E-state index in [-0.39, 0.29) is 11.7 Å². The van der Waals surface area contributed by atoms with Crippen LogP contribution in [0.1, 0.15) is 40.5 Å². The highest BCUT2D eigenvalue weighted by Crippen LogP contribution is 2.20. The quantitative estimate of drug-likeness (QED) is 0.759. The van der Waals surface area contributed by atoms with Crippen molar-refractivity contribution in [2.75, 3.05) is 49.1 Å². The van der Waals surface area contributed by atoms with Crippen molar-refractivity contribution in [1.82, 2.24) is 15.1 Å². The molecule has 0 atom stereocenters. The largest absolute Gasteiger partial charge is 0.355 e. The summed E-state index contributed by atoms with van der Waals surface area (Å²) in [6, 6.07) is 11.0. The van der Waals surface area contributed by atoms with Crippen LogP contribution in [0.4, 0.5) is 11.6 Å². The van der Waals surface area contributed by atoms with E-state index in [9.17, 15) is 9.59 Å². The summed E-state index contributed by atoms with van der Waals surface area (Å²) >= 11 is 0. The molecule has 0 radical (unpaired) electrons. The minimum Gasteiger partial charge on any atom is -0.355 e. The fourth-order valence-corrected chi connectivity index (χ4v) is 3.77. The summed E-state index contributed by atoms with van der Waals surface area (Å²) in [7, 11) is 0. The summed E-state index contributed by atoms with van der Waals surface area (Å²) in [5, 5.41) is 8.79. The molecular formula is C21H25N5O2. The second-order valence-electron chi connectivity index (χ2n) is 7.36. The van der Waals surface area contributed by atoms with Crippen LogP contribution in [0, 0.1) is 0 Å². The number of anilines is 2.